The molecule has 0 aliphatic heterocycles. The minimum Gasteiger partial charge on any atom is -0.491 e. The first-order chi connectivity index (χ1) is 13.8. The number of non-ortho nitro benzene ring substituents is 1. The Hall–Kier alpha value is -3.62. The summed E-state index contributed by atoms with van der Waals surface area (Å²) >= 11 is 0. The maximum absolute atomic E-state index is 12.2. The fourth-order valence-electron chi connectivity index (χ4n) is 2.61. The van der Waals surface area contributed by atoms with Crippen molar-refractivity contribution in [3.05, 3.63) is 63.2 Å². The SMILES string of the molecule is CNc1ccc([N+](=O)[O-])cc1C(=O)OCC(=O)NCCOc1ccc(C)cc1C. The second-order valence-electron chi connectivity index (χ2n) is 6.28. The van der Waals surface area contributed by atoms with E-state index in [1.165, 1.54) is 12.1 Å². The molecule has 0 bridgehead atoms. The summed E-state index contributed by atoms with van der Waals surface area (Å²) in [7, 11) is 1.57. The van der Waals surface area contributed by atoms with Crippen molar-refractivity contribution in [2.24, 2.45) is 0 Å². The van der Waals surface area contributed by atoms with Gasteiger partial charge in [0.25, 0.3) is 11.6 Å². The van der Waals surface area contributed by atoms with Gasteiger partial charge in [-0.2, -0.15) is 0 Å². The number of rotatable bonds is 9. The summed E-state index contributed by atoms with van der Waals surface area (Å²) < 4.78 is 10.6. The molecule has 0 atom stereocenters. The van der Waals surface area contributed by atoms with Crippen LogP contribution in [0.4, 0.5) is 11.4 Å². The van der Waals surface area contributed by atoms with Gasteiger partial charge in [0.05, 0.1) is 17.0 Å². The molecule has 2 rings (SSSR count). The highest BCUT2D eigenvalue weighted by atomic mass is 16.6. The van der Waals surface area contributed by atoms with Crippen LogP contribution in [-0.4, -0.2) is 43.6 Å². The van der Waals surface area contributed by atoms with Crippen molar-refractivity contribution in [2.75, 3.05) is 32.1 Å². The smallest absolute Gasteiger partial charge is 0.341 e. The largest absolute Gasteiger partial charge is 0.491 e. The molecule has 154 valence electrons. The van der Waals surface area contributed by atoms with Crippen molar-refractivity contribution in [1.29, 1.82) is 0 Å². The molecule has 0 heterocycles. The van der Waals surface area contributed by atoms with Crippen LogP contribution in [0.15, 0.2) is 36.4 Å². The van der Waals surface area contributed by atoms with Crippen LogP contribution >= 0.6 is 0 Å². The third-order valence-corrected chi connectivity index (χ3v) is 4.05. The van der Waals surface area contributed by atoms with Gasteiger partial charge >= 0.3 is 5.97 Å². The summed E-state index contributed by atoms with van der Waals surface area (Å²) in [5.74, 6) is -0.597. The van der Waals surface area contributed by atoms with Crippen LogP contribution in [0.5, 0.6) is 5.75 Å². The molecule has 1 amide bonds. The Labute approximate surface area is 168 Å². The van der Waals surface area contributed by atoms with Crippen molar-refractivity contribution in [2.45, 2.75) is 13.8 Å². The Morgan fingerprint density at radius 3 is 2.55 bits per heavy atom. The number of carbonyl (C=O) groups excluding carboxylic acids is 2. The second-order valence-corrected chi connectivity index (χ2v) is 6.28. The molecule has 0 fully saturated rings. The van der Waals surface area contributed by atoms with Crippen molar-refractivity contribution in [3.63, 3.8) is 0 Å². The highest BCUT2D eigenvalue weighted by molar-refractivity contribution is 5.97. The van der Waals surface area contributed by atoms with Crippen LogP contribution < -0.4 is 15.4 Å². The lowest BCUT2D eigenvalue weighted by atomic mass is 10.1. The molecule has 0 aliphatic carbocycles. The topological polar surface area (TPSA) is 120 Å². The van der Waals surface area contributed by atoms with Gasteiger partial charge in [-0.25, -0.2) is 4.79 Å². The number of hydrogen-bond acceptors (Lipinski definition) is 7. The van der Waals surface area contributed by atoms with E-state index in [1.54, 1.807) is 7.05 Å². The molecule has 0 saturated carbocycles. The number of amides is 1. The highest BCUT2D eigenvalue weighted by Gasteiger charge is 2.18. The van der Waals surface area contributed by atoms with Gasteiger partial charge in [-0.3, -0.25) is 14.9 Å². The zero-order chi connectivity index (χ0) is 21.4. The van der Waals surface area contributed by atoms with E-state index in [4.69, 9.17) is 9.47 Å². The molecule has 0 radical (unpaired) electrons. The van der Waals surface area contributed by atoms with E-state index in [9.17, 15) is 19.7 Å². The van der Waals surface area contributed by atoms with Crippen LogP contribution in [-0.2, 0) is 9.53 Å². The Balaban J connectivity index is 1.81. The molecular formula is C20H23N3O6. The first-order valence-electron chi connectivity index (χ1n) is 8.92. The summed E-state index contributed by atoms with van der Waals surface area (Å²) in [6.45, 7) is 3.92. The van der Waals surface area contributed by atoms with E-state index in [1.807, 2.05) is 32.0 Å². The standard InChI is InChI=1S/C20H23N3O6/c1-13-4-7-18(14(2)10-13)28-9-8-22-19(24)12-29-20(25)16-11-15(23(26)27)5-6-17(16)21-3/h4-7,10-11,21H,8-9,12H2,1-3H3,(H,22,24). The summed E-state index contributed by atoms with van der Waals surface area (Å²) in [6, 6.07) is 9.58. The second kappa shape index (κ2) is 10.1. The Morgan fingerprint density at radius 2 is 1.90 bits per heavy atom. The van der Waals surface area contributed by atoms with Gasteiger partial charge in [0, 0.05) is 24.9 Å². The van der Waals surface area contributed by atoms with Crippen LogP contribution in [0, 0.1) is 24.0 Å². The van der Waals surface area contributed by atoms with Gasteiger partial charge in [-0.15, -0.1) is 0 Å². The molecule has 9 heteroatoms. The molecule has 9 nitrogen and oxygen atoms in total. The van der Waals surface area contributed by atoms with Crippen molar-refractivity contribution < 1.29 is 24.0 Å². The molecule has 0 saturated heterocycles. The van der Waals surface area contributed by atoms with Crippen LogP contribution in [0.3, 0.4) is 0 Å². The lowest BCUT2D eigenvalue weighted by molar-refractivity contribution is -0.384. The van der Waals surface area contributed by atoms with Crippen molar-refractivity contribution >= 4 is 23.3 Å². The zero-order valence-electron chi connectivity index (χ0n) is 16.5. The summed E-state index contributed by atoms with van der Waals surface area (Å²) in [4.78, 5) is 34.3. The van der Waals surface area contributed by atoms with E-state index in [-0.39, 0.29) is 24.4 Å². The average Bonchev–Trinajstić information content (AvgIpc) is 2.70. The van der Waals surface area contributed by atoms with Gasteiger partial charge in [0.2, 0.25) is 0 Å². The first-order valence-corrected chi connectivity index (χ1v) is 8.92. The molecule has 0 aliphatic rings. The Bertz CT molecular complexity index is 913. The average molecular weight is 401 g/mol. The van der Waals surface area contributed by atoms with Gasteiger partial charge < -0.3 is 20.1 Å². The van der Waals surface area contributed by atoms with Crippen LogP contribution in [0.25, 0.3) is 0 Å². The number of nitrogens with one attached hydrogen (secondary N) is 2. The molecule has 2 aromatic rings. The lowest BCUT2D eigenvalue weighted by Crippen LogP contribution is -2.32. The first kappa shape index (κ1) is 21.7. The van der Waals surface area contributed by atoms with Crippen LogP contribution in [0.2, 0.25) is 0 Å². The van der Waals surface area contributed by atoms with E-state index in [0.717, 1.165) is 22.9 Å². The minimum atomic E-state index is -0.834. The predicted octanol–water partition coefficient (Wildman–Crippen LogP) is 2.61. The predicted molar refractivity (Wildman–Crippen MR) is 107 cm³/mol. The zero-order valence-corrected chi connectivity index (χ0v) is 16.5. The molecule has 0 unspecified atom stereocenters. The summed E-state index contributed by atoms with van der Waals surface area (Å²) in [5, 5.41) is 16.2. The number of anilines is 1. The molecule has 2 aromatic carbocycles. The van der Waals surface area contributed by atoms with E-state index in [2.05, 4.69) is 10.6 Å². The number of esters is 1. The molecule has 0 aromatic heterocycles. The van der Waals surface area contributed by atoms with Crippen molar-refractivity contribution in [1.82, 2.24) is 5.32 Å². The van der Waals surface area contributed by atoms with Gasteiger partial charge in [-0.05, 0) is 31.5 Å². The number of aryl methyl sites for hydroxylation is 2. The van der Waals surface area contributed by atoms with E-state index >= 15 is 0 Å². The molecular weight excluding hydrogens is 378 g/mol. The fourth-order valence-corrected chi connectivity index (χ4v) is 2.61. The number of benzene rings is 2. The fraction of sp³-hybridized carbons (Fsp3) is 0.300. The third kappa shape index (κ3) is 6.20. The minimum absolute atomic E-state index is 0.0207. The molecule has 0 spiro atoms. The third-order valence-electron chi connectivity index (χ3n) is 4.05. The molecule has 2 N–H and O–H groups in total. The van der Waals surface area contributed by atoms with Crippen molar-refractivity contribution in [3.8, 4) is 5.75 Å². The lowest BCUT2D eigenvalue weighted by Gasteiger charge is -2.11. The number of carbonyl (C=O) groups is 2. The van der Waals surface area contributed by atoms with Gasteiger partial charge in [0.15, 0.2) is 6.61 Å². The highest BCUT2D eigenvalue weighted by Crippen LogP contribution is 2.22. The van der Waals surface area contributed by atoms with E-state index in [0.29, 0.717) is 5.69 Å². The van der Waals surface area contributed by atoms with Crippen LogP contribution in [0.1, 0.15) is 21.5 Å². The quantitative estimate of drug-likeness (QED) is 0.287. The maximum Gasteiger partial charge on any atom is 0.341 e. The number of ether oxygens (including phenoxy) is 2. The summed E-state index contributed by atoms with van der Waals surface area (Å²) in [5.41, 5.74) is 2.23. The molecule has 29 heavy (non-hydrogen) atoms. The number of nitrogens with zero attached hydrogens (tertiary/aromatic N) is 1. The summed E-state index contributed by atoms with van der Waals surface area (Å²) in [6.07, 6.45) is 0. The monoisotopic (exact) mass is 401 g/mol. The van der Waals surface area contributed by atoms with Gasteiger partial charge in [0.1, 0.15) is 12.4 Å². The Morgan fingerprint density at radius 1 is 1.14 bits per heavy atom. The Kier molecular flexibility index (Phi) is 7.53. The number of nitro groups is 1. The number of nitro benzene ring substituents is 1. The van der Waals surface area contributed by atoms with Gasteiger partial charge in [-0.1, -0.05) is 17.7 Å². The number of hydrogen-bond donors (Lipinski definition) is 2. The normalized spacial score (nSPS) is 10.2. The van der Waals surface area contributed by atoms with E-state index < -0.39 is 23.4 Å². The maximum atomic E-state index is 12.2.